The molecule has 1 aromatic carbocycles. The van der Waals surface area contributed by atoms with Gasteiger partial charge in [-0.3, -0.25) is 4.79 Å². The number of nitrogens with two attached hydrogens (primary N) is 1. The first-order valence-corrected chi connectivity index (χ1v) is 5.77. The SMILES string of the molecule is NC(Cc1ccccc1)C(=O)Nc1ccccn1. The van der Waals surface area contributed by atoms with Crippen molar-refractivity contribution in [2.24, 2.45) is 5.73 Å². The third-order valence-electron chi connectivity index (χ3n) is 2.55. The highest BCUT2D eigenvalue weighted by Gasteiger charge is 2.14. The Morgan fingerprint density at radius 3 is 2.56 bits per heavy atom. The van der Waals surface area contributed by atoms with Crippen molar-refractivity contribution in [2.75, 3.05) is 5.32 Å². The second-order valence-electron chi connectivity index (χ2n) is 4.00. The van der Waals surface area contributed by atoms with E-state index in [2.05, 4.69) is 10.3 Å². The summed E-state index contributed by atoms with van der Waals surface area (Å²) in [6, 6.07) is 14.5. The number of nitrogens with one attached hydrogen (secondary N) is 1. The molecule has 0 saturated carbocycles. The van der Waals surface area contributed by atoms with Crippen LogP contribution in [0.1, 0.15) is 5.56 Å². The molecule has 3 N–H and O–H groups in total. The summed E-state index contributed by atoms with van der Waals surface area (Å²) in [7, 11) is 0. The molecule has 1 atom stereocenters. The van der Waals surface area contributed by atoms with E-state index in [1.165, 1.54) is 0 Å². The van der Waals surface area contributed by atoms with Gasteiger partial charge in [-0.2, -0.15) is 0 Å². The Kier molecular flexibility index (Phi) is 4.04. The Labute approximate surface area is 106 Å². The summed E-state index contributed by atoms with van der Waals surface area (Å²) in [5, 5.41) is 2.69. The third kappa shape index (κ3) is 3.40. The molecule has 0 aliphatic rings. The van der Waals surface area contributed by atoms with E-state index in [1.807, 2.05) is 36.4 Å². The number of rotatable bonds is 4. The van der Waals surface area contributed by atoms with E-state index in [0.29, 0.717) is 12.2 Å². The third-order valence-corrected chi connectivity index (χ3v) is 2.55. The van der Waals surface area contributed by atoms with Gasteiger partial charge in [-0.25, -0.2) is 4.98 Å². The summed E-state index contributed by atoms with van der Waals surface area (Å²) in [5.74, 6) is 0.295. The molecule has 1 unspecified atom stereocenters. The molecule has 0 bridgehead atoms. The average molecular weight is 241 g/mol. The van der Waals surface area contributed by atoms with Crippen LogP contribution in [-0.4, -0.2) is 16.9 Å². The Morgan fingerprint density at radius 1 is 1.17 bits per heavy atom. The van der Waals surface area contributed by atoms with Gasteiger partial charge in [0.1, 0.15) is 5.82 Å². The number of hydrogen-bond donors (Lipinski definition) is 2. The first-order chi connectivity index (χ1) is 8.75. The fourth-order valence-electron chi connectivity index (χ4n) is 1.62. The van der Waals surface area contributed by atoms with E-state index in [1.54, 1.807) is 18.3 Å². The lowest BCUT2D eigenvalue weighted by molar-refractivity contribution is -0.117. The smallest absolute Gasteiger partial charge is 0.242 e. The van der Waals surface area contributed by atoms with E-state index >= 15 is 0 Å². The number of carbonyl (C=O) groups is 1. The second kappa shape index (κ2) is 5.93. The van der Waals surface area contributed by atoms with Crippen molar-refractivity contribution in [3.8, 4) is 0 Å². The maximum absolute atomic E-state index is 11.8. The summed E-state index contributed by atoms with van der Waals surface area (Å²) in [5.41, 5.74) is 6.90. The van der Waals surface area contributed by atoms with Crippen molar-refractivity contribution >= 4 is 11.7 Å². The number of amides is 1. The first-order valence-electron chi connectivity index (χ1n) is 5.77. The summed E-state index contributed by atoms with van der Waals surface area (Å²) >= 11 is 0. The number of aromatic nitrogens is 1. The summed E-state index contributed by atoms with van der Waals surface area (Å²) in [6.07, 6.45) is 2.14. The Morgan fingerprint density at radius 2 is 1.89 bits per heavy atom. The van der Waals surface area contributed by atoms with Crippen LogP contribution in [0, 0.1) is 0 Å². The average Bonchev–Trinajstić information content (AvgIpc) is 2.41. The van der Waals surface area contributed by atoms with Gasteiger partial charge < -0.3 is 11.1 Å². The van der Waals surface area contributed by atoms with Gasteiger partial charge in [0, 0.05) is 6.20 Å². The van der Waals surface area contributed by atoms with Crippen molar-refractivity contribution in [3.05, 3.63) is 60.3 Å². The van der Waals surface area contributed by atoms with Gasteiger partial charge >= 0.3 is 0 Å². The highest BCUT2D eigenvalue weighted by Crippen LogP contribution is 2.05. The lowest BCUT2D eigenvalue weighted by Crippen LogP contribution is -2.37. The van der Waals surface area contributed by atoms with E-state index in [4.69, 9.17) is 5.73 Å². The van der Waals surface area contributed by atoms with Crippen LogP contribution in [0.15, 0.2) is 54.7 Å². The number of hydrogen-bond acceptors (Lipinski definition) is 3. The Balaban J connectivity index is 1.93. The summed E-state index contributed by atoms with van der Waals surface area (Å²) in [6.45, 7) is 0. The van der Waals surface area contributed by atoms with Gasteiger partial charge in [-0.05, 0) is 24.1 Å². The van der Waals surface area contributed by atoms with Gasteiger partial charge in [0.25, 0.3) is 0 Å². The quantitative estimate of drug-likeness (QED) is 0.854. The van der Waals surface area contributed by atoms with Crippen LogP contribution in [0.5, 0.6) is 0 Å². The number of nitrogens with zero attached hydrogens (tertiary/aromatic N) is 1. The van der Waals surface area contributed by atoms with E-state index in [9.17, 15) is 4.79 Å². The van der Waals surface area contributed by atoms with Gasteiger partial charge in [-0.1, -0.05) is 36.4 Å². The molecule has 18 heavy (non-hydrogen) atoms. The van der Waals surface area contributed by atoms with Gasteiger partial charge in [0.15, 0.2) is 0 Å². The lowest BCUT2D eigenvalue weighted by Gasteiger charge is -2.11. The zero-order chi connectivity index (χ0) is 12.8. The molecule has 1 heterocycles. The zero-order valence-corrected chi connectivity index (χ0v) is 9.91. The molecule has 92 valence electrons. The molecule has 0 aliphatic carbocycles. The minimum Gasteiger partial charge on any atom is -0.320 e. The van der Waals surface area contributed by atoms with Crippen molar-refractivity contribution in [1.29, 1.82) is 0 Å². The highest BCUT2D eigenvalue weighted by molar-refractivity contribution is 5.94. The number of benzene rings is 1. The predicted molar refractivity (Wildman–Crippen MR) is 71.0 cm³/mol. The highest BCUT2D eigenvalue weighted by atomic mass is 16.2. The molecule has 4 heteroatoms. The maximum atomic E-state index is 11.8. The predicted octanol–water partition coefficient (Wildman–Crippen LogP) is 1.59. The van der Waals surface area contributed by atoms with Crippen LogP contribution < -0.4 is 11.1 Å². The van der Waals surface area contributed by atoms with Crippen molar-refractivity contribution in [1.82, 2.24) is 4.98 Å². The molecule has 1 aromatic heterocycles. The summed E-state index contributed by atoms with van der Waals surface area (Å²) in [4.78, 5) is 15.9. The van der Waals surface area contributed by atoms with Gasteiger partial charge in [0.2, 0.25) is 5.91 Å². The number of pyridine rings is 1. The Bertz CT molecular complexity index is 499. The second-order valence-corrected chi connectivity index (χ2v) is 4.00. The molecule has 0 aliphatic heterocycles. The zero-order valence-electron chi connectivity index (χ0n) is 9.91. The first kappa shape index (κ1) is 12.3. The largest absolute Gasteiger partial charge is 0.320 e. The molecule has 0 fully saturated rings. The monoisotopic (exact) mass is 241 g/mol. The molecule has 0 saturated heterocycles. The van der Waals surface area contributed by atoms with Crippen LogP contribution in [0.2, 0.25) is 0 Å². The number of anilines is 1. The lowest BCUT2D eigenvalue weighted by atomic mass is 10.1. The molecular formula is C14H15N3O. The Hall–Kier alpha value is -2.20. The van der Waals surface area contributed by atoms with Crippen LogP contribution in [0.4, 0.5) is 5.82 Å². The van der Waals surface area contributed by atoms with E-state index in [-0.39, 0.29) is 5.91 Å². The molecule has 2 rings (SSSR count). The maximum Gasteiger partial charge on any atom is 0.242 e. The van der Waals surface area contributed by atoms with Gasteiger partial charge in [0.05, 0.1) is 6.04 Å². The normalized spacial score (nSPS) is 11.8. The van der Waals surface area contributed by atoms with Crippen molar-refractivity contribution in [2.45, 2.75) is 12.5 Å². The number of carbonyl (C=O) groups excluding carboxylic acids is 1. The topological polar surface area (TPSA) is 68.0 Å². The van der Waals surface area contributed by atoms with Crippen LogP contribution >= 0.6 is 0 Å². The molecule has 0 spiro atoms. The van der Waals surface area contributed by atoms with E-state index in [0.717, 1.165) is 5.56 Å². The standard InChI is InChI=1S/C14H15N3O/c15-12(10-11-6-2-1-3-7-11)14(18)17-13-8-4-5-9-16-13/h1-9,12H,10,15H2,(H,16,17,18). The van der Waals surface area contributed by atoms with Gasteiger partial charge in [-0.15, -0.1) is 0 Å². The van der Waals surface area contributed by atoms with Crippen LogP contribution in [0.3, 0.4) is 0 Å². The molecule has 2 aromatic rings. The van der Waals surface area contributed by atoms with E-state index < -0.39 is 6.04 Å². The van der Waals surface area contributed by atoms with Crippen LogP contribution in [-0.2, 0) is 11.2 Å². The molecule has 1 amide bonds. The fourth-order valence-corrected chi connectivity index (χ4v) is 1.62. The molecular weight excluding hydrogens is 226 g/mol. The van der Waals surface area contributed by atoms with Crippen molar-refractivity contribution < 1.29 is 4.79 Å². The minimum absolute atomic E-state index is 0.224. The fraction of sp³-hybridized carbons (Fsp3) is 0.143. The summed E-state index contributed by atoms with van der Waals surface area (Å²) < 4.78 is 0. The van der Waals surface area contributed by atoms with Crippen LogP contribution in [0.25, 0.3) is 0 Å². The molecule has 0 radical (unpaired) electrons. The van der Waals surface area contributed by atoms with Crippen molar-refractivity contribution in [3.63, 3.8) is 0 Å². The minimum atomic E-state index is -0.575. The molecule has 4 nitrogen and oxygen atoms in total.